The van der Waals surface area contributed by atoms with Crippen molar-refractivity contribution in [2.45, 2.75) is 26.2 Å². The van der Waals surface area contributed by atoms with E-state index in [-0.39, 0.29) is 5.91 Å². The number of amides is 1. The fraction of sp³-hybridized carbons (Fsp3) is 0.278. The van der Waals surface area contributed by atoms with Crippen LogP contribution in [0.2, 0.25) is 0 Å². The molecule has 3 nitrogen and oxygen atoms in total. The number of carbonyl (C=O) groups is 1. The molecule has 0 radical (unpaired) electrons. The molecule has 2 aromatic carbocycles. The largest absolute Gasteiger partial charge is 0.399 e. The molecule has 0 saturated carbocycles. The molecule has 21 heavy (non-hydrogen) atoms. The van der Waals surface area contributed by atoms with Gasteiger partial charge in [-0.1, -0.05) is 29.8 Å². The second-order valence-electron chi connectivity index (χ2n) is 5.95. The van der Waals surface area contributed by atoms with E-state index >= 15 is 0 Å². The van der Waals surface area contributed by atoms with Gasteiger partial charge >= 0.3 is 0 Å². The molecule has 0 atom stereocenters. The normalized spacial score (nSPS) is 11.2. The maximum atomic E-state index is 12.8. The fourth-order valence-electron chi connectivity index (χ4n) is 2.33. The summed E-state index contributed by atoms with van der Waals surface area (Å²) in [4.78, 5) is 14.5. The number of anilines is 2. The Morgan fingerprint density at radius 3 is 2.05 bits per heavy atom. The number of aryl methyl sites for hydroxylation is 1. The average molecular weight is 282 g/mol. The van der Waals surface area contributed by atoms with Gasteiger partial charge in [-0.25, -0.2) is 0 Å². The second-order valence-corrected chi connectivity index (χ2v) is 5.95. The summed E-state index contributed by atoms with van der Waals surface area (Å²) in [7, 11) is 1.81. The highest BCUT2D eigenvalue weighted by atomic mass is 16.2. The van der Waals surface area contributed by atoms with Crippen molar-refractivity contribution >= 4 is 17.3 Å². The van der Waals surface area contributed by atoms with Gasteiger partial charge in [-0.2, -0.15) is 0 Å². The zero-order valence-electron chi connectivity index (χ0n) is 13.1. The summed E-state index contributed by atoms with van der Waals surface area (Å²) in [6, 6.07) is 15.4. The van der Waals surface area contributed by atoms with Crippen LogP contribution in [0.1, 0.15) is 25.0 Å². The van der Waals surface area contributed by atoms with Crippen molar-refractivity contribution in [2.75, 3.05) is 17.7 Å². The van der Waals surface area contributed by atoms with Crippen LogP contribution >= 0.6 is 0 Å². The third kappa shape index (κ3) is 3.07. The number of hydrogen-bond acceptors (Lipinski definition) is 2. The first-order chi connectivity index (χ1) is 9.82. The van der Waals surface area contributed by atoms with E-state index in [0.29, 0.717) is 5.69 Å². The van der Waals surface area contributed by atoms with Gasteiger partial charge in [0.05, 0.1) is 5.41 Å². The molecular weight excluding hydrogens is 260 g/mol. The highest BCUT2D eigenvalue weighted by Gasteiger charge is 2.32. The first-order valence-corrected chi connectivity index (χ1v) is 7.03. The van der Waals surface area contributed by atoms with Crippen LogP contribution in [0.3, 0.4) is 0 Å². The summed E-state index contributed by atoms with van der Waals surface area (Å²) in [5, 5.41) is 0. The second kappa shape index (κ2) is 5.60. The van der Waals surface area contributed by atoms with Gasteiger partial charge in [-0.05, 0) is 50.6 Å². The van der Waals surface area contributed by atoms with Gasteiger partial charge in [0.15, 0.2) is 0 Å². The van der Waals surface area contributed by atoms with E-state index in [4.69, 9.17) is 5.73 Å². The van der Waals surface area contributed by atoms with Crippen LogP contribution in [0.5, 0.6) is 0 Å². The fourth-order valence-corrected chi connectivity index (χ4v) is 2.33. The number of nitrogens with zero attached hydrogens (tertiary/aromatic N) is 1. The maximum absolute atomic E-state index is 12.8. The lowest BCUT2D eigenvalue weighted by atomic mass is 9.83. The predicted molar refractivity (Wildman–Crippen MR) is 88.5 cm³/mol. The van der Waals surface area contributed by atoms with E-state index in [1.807, 2.05) is 76.3 Å². The molecule has 0 fully saturated rings. The van der Waals surface area contributed by atoms with E-state index in [2.05, 4.69) is 0 Å². The Bertz CT molecular complexity index is 627. The van der Waals surface area contributed by atoms with Gasteiger partial charge in [-0.3, -0.25) is 4.79 Å². The summed E-state index contributed by atoms with van der Waals surface area (Å²) in [6.07, 6.45) is 0. The summed E-state index contributed by atoms with van der Waals surface area (Å²) >= 11 is 0. The van der Waals surface area contributed by atoms with E-state index in [1.54, 1.807) is 4.90 Å². The average Bonchev–Trinajstić information content (AvgIpc) is 2.47. The SMILES string of the molecule is Cc1ccc(N(C)C(=O)C(C)(C)c2ccc(N)cc2)cc1. The molecule has 3 heteroatoms. The molecule has 0 aliphatic heterocycles. The van der Waals surface area contributed by atoms with Crippen LogP contribution in [-0.2, 0) is 10.2 Å². The van der Waals surface area contributed by atoms with E-state index in [0.717, 1.165) is 11.3 Å². The first-order valence-electron chi connectivity index (χ1n) is 7.03. The molecule has 0 heterocycles. The number of likely N-dealkylation sites (N-methyl/N-ethyl adjacent to an activating group) is 1. The summed E-state index contributed by atoms with van der Waals surface area (Å²) in [5.41, 5.74) is 8.85. The lowest BCUT2D eigenvalue weighted by Gasteiger charge is -2.30. The topological polar surface area (TPSA) is 46.3 Å². The Balaban J connectivity index is 2.28. The number of nitrogen functional groups attached to an aromatic ring is 1. The number of nitrogens with two attached hydrogens (primary N) is 1. The van der Waals surface area contributed by atoms with Crippen molar-refractivity contribution in [3.63, 3.8) is 0 Å². The Kier molecular flexibility index (Phi) is 4.03. The predicted octanol–water partition coefficient (Wildman–Crippen LogP) is 3.52. The standard InChI is InChI=1S/C18H22N2O/c1-13-5-11-16(12-6-13)20(4)17(21)18(2,3)14-7-9-15(19)10-8-14/h5-12H,19H2,1-4H3. The minimum Gasteiger partial charge on any atom is -0.399 e. The summed E-state index contributed by atoms with van der Waals surface area (Å²) < 4.78 is 0. The Hall–Kier alpha value is -2.29. The van der Waals surface area contributed by atoms with Gasteiger partial charge in [0.25, 0.3) is 0 Å². The number of rotatable bonds is 3. The smallest absolute Gasteiger partial charge is 0.236 e. The quantitative estimate of drug-likeness (QED) is 0.876. The van der Waals surface area contributed by atoms with Crippen molar-refractivity contribution in [3.8, 4) is 0 Å². The zero-order chi connectivity index (χ0) is 15.6. The van der Waals surface area contributed by atoms with Crippen molar-refractivity contribution in [1.29, 1.82) is 0 Å². The highest BCUT2D eigenvalue weighted by Crippen LogP contribution is 2.28. The van der Waals surface area contributed by atoms with Crippen LogP contribution in [0.4, 0.5) is 11.4 Å². The van der Waals surface area contributed by atoms with Crippen LogP contribution in [0.25, 0.3) is 0 Å². The zero-order valence-corrected chi connectivity index (χ0v) is 13.1. The van der Waals surface area contributed by atoms with Gasteiger partial charge in [0, 0.05) is 18.4 Å². The monoisotopic (exact) mass is 282 g/mol. The molecule has 0 saturated heterocycles. The van der Waals surface area contributed by atoms with Crippen molar-refractivity contribution in [1.82, 2.24) is 0 Å². The summed E-state index contributed by atoms with van der Waals surface area (Å²) in [6.45, 7) is 5.90. The molecule has 0 bridgehead atoms. The molecule has 0 aliphatic carbocycles. The van der Waals surface area contributed by atoms with Crippen LogP contribution in [0.15, 0.2) is 48.5 Å². The molecule has 2 rings (SSSR count). The minimum absolute atomic E-state index is 0.0520. The van der Waals surface area contributed by atoms with Crippen LogP contribution in [0, 0.1) is 6.92 Å². The number of benzene rings is 2. The number of carbonyl (C=O) groups excluding carboxylic acids is 1. The third-order valence-electron chi connectivity index (χ3n) is 3.89. The van der Waals surface area contributed by atoms with Gasteiger partial charge in [0.1, 0.15) is 0 Å². The molecule has 110 valence electrons. The lowest BCUT2D eigenvalue weighted by Crippen LogP contribution is -2.41. The van der Waals surface area contributed by atoms with Gasteiger partial charge in [-0.15, -0.1) is 0 Å². The Morgan fingerprint density at radius 2 is 1.52 bits per heavy atom. The van der Waals surface area contributed by atoms with Crippen molar-refractivity contribution in [2.24, 2.45) is 0 Å². The van der Waals surface area contributed by atoms with Gasteiger partial charge in [0.2, 0.25) is 5.91 Å². The van der Waals surface area contributed by atoms with E-state index in [9.17, 15) is 4.79 Å². The van der Waals surface area contributed by atoms with Crippen LogP contribution < -0.4 is 10.6 Å². The molecule has 2 aromatic rings. The van der Waals surface area contributed by atoms with E-state index in [1.165, 1.54) is 5.56 Å². The molecule has 0 aliphatic rings. The van der Waals surface area contributed by atoms with Crippen molar-refractivity contribution in [3.05, 3.63) is 59.7 Å². The highest BCUT2D eigenvalue weighted by molar-refractivity contribution is 6.00. The third-order valence-corrected chi connectivity index (χ3v) is 3.89. The van der Waals surface area contributed by atoms with Gasteiger partial charge < -0.3 is 10.6 Å². The Morgan fingerprint density at radius 1 is 1.00 bits per heavy atom. The maximum Gasteiger partial charge on any atom is 0.236 e. The molecule has 2 N–H and O–H groups in total. The molecule has 0 spiro atoms. The Labute approximate surface area is 126 Å². The molecule has 0 aromatic heterocycles. The van der Waals surface area contributed by atoms with Crippen LogP contribution in [-0.4, -0.2) is 13.0 Å². The molecular formula is C18H22N2O. The number of hydrogen-bond donors (Lipinski definition) is 1. The minimum atomic E-state index is -0.604. The molecule has 0 unspecified atom stereocenters. The van der Waals surface area contributed by atoms with E-state index < -0.39 is 5.41 Å². The first kappa shape index (κ1) is 15.1. The summed E-state index contributed by atoms with van der Waals surface area (Å²) in [5.74, 6) is 0.0520. The lowest BCUT2D eigenvalue weighted by molar-refractivity contribution is -0.122. The molecule has 1 amide bonds. The van der Waals surface area contributed by atoms with Crippen molar-refractivity contribution < 1.29 is 4.79 Å².